The van der Waals surface area contributed by atoms with Crippen molar-refractivity contribution in [2.75, 3.05) is 41.3 Å². The number of rotatable bonds is 7. The Morgan fingerprint density at radius 3 is 2.58 bits per heavy atom. The Morgan fingerprint density at radius 2 is 2.00 bits per heavy atom. The van der Waals surface area contributed by atoms with Gasteiger partial charge in [0.05, 0.1) is 7.11 Å². The van der Waals surface area contributed by atoms with Crippen molar-refractivity contribution in [2.24, 2.45) is 4.99 Å². The molecular weight excluding hydrogens is 446 g/mol. The Hall–Kier alpha value is -1.09. The molecule has 1 aromatic rings. The van der Waals surface area contributed by atoms with Crippen LogP contribution in [0.2, 0.25) is 0 Å². The largest absolute Gasteiger partial charge is 0.494 e. The molecule has 148 valence electrons. The summed E-state index contributed by atoms with van der Waals surface area (Å²) < 4.78 is 18.8. The first kappa shape index (κ1) is 23.0. The summed E-state index contributed by atoms with van der Waals surface area (Å²) in [4.78, 5) is 8.76. The molecule has 1 aliphatic rings. The first-order valence-corrected chi connectivity index (χ1v) is 8.99. The first-order valence-electron chi connectivity index (χ1n) is 8.99. The first-order chi connectivity index (χ1) is 12.0. The number of halogens is 2. The zero-order chi connectivity index (χ0) is 18.2. The highest BCUT2D eigenvalue weighted by molar-refractivity contribution is 14.0. The normalized spacial score (nSPS) is 15.1. The summed E-state index contributed by atoms with van der Waals surface area (Å²) in [7, 11) is 7.40. The number of likely N-dealkylation sites (N-methyl/N-ethyl adjacent to an activating group) is 1. The van der Waals surface area contributed by atoms with Crippen molar-refractivity contribution < 1.29 is 9.13 Å². The smallest absolute Gasteiger partial charge is 0.193 e. The molecule has 0 saturated heterocycles. The van der Waals surface area contributed by atoms with Gasteiger partial charge in [0.2, 0.25) is 0 Å². The average molecular weight is 478 g/mol. The maximum Gasteiger partial charge on any atom is 0.193 e. The van der Waals surface area contributed by atoms with Crippen LogP contribution in [-0.2, 0) is 6.54 Å². The Kier molecular flexibility index (Phi) is 10.2. The summed E-state index contributed by atoms with van der Waals surface area (Å²) in [5.74, 6) is 0.745. The Labute approximate surface area is 174 Å². The van der Waals surface area contributed by atoms with Gasteiger partial charge in [-0.2, -0.15) is 0 Å². The molecule has 2 rings (SSSR count). The van der Waals surface area contributed by atoms with Crippen LogP contribution < -0.4 is 10.1 Å². The minimum absolute atomic E-state index is 0. The van der Waals surface area contributed by atoms with Gasteiger partial charge in [-0.05, 0) is 37.6 Å². The highest BCUT2D eigenvalue weighted by Crippen LogP contribution is 2.22. The number of guanidine groups is 1. The van der Waals surface area contributed by atoms with Gasteiger partial charge in [0.1, 0.15) is 0 Å². The second kappa shape index (κ2) is 11.6. The van der Waals surface area contributed by atoms with Crippen molar-refractivity contribution in [1.82, 2.24) is 15.1 Å². The van der Waals surface area contributed by atoms with Crippen LogP contribution in [0.1, 0.15) is 31.2 Å². The molecule has 0 aromatic heterocycles. The van der Waals surface area contributed by atoms with E-state index in [0.717, 1.165) is 30.7 Å². The molecule has 0 atom stereocenters. The SMILES string of the molecule is CN=C(NCCN(C)C1CCCC1)N(C)Cc1ccc(OC)c(F)c1.I. The molecule has 0 radical (unpaired) electrons. The van der Waals surface area contributed by atoms with E-state index in [2.05, 4.69) is 22.3 Å². The molecule has 0 heterocycles. The molecule has 1 N–H and O–H groups in total. The van der Waals surface area contributed by atoms with Crippen molar-refractivity contribution in [3.8, 4) is 5.75 Å². The molecule has 7 heteroatoms. The van der Waals surface area contributed by atoms with Gasteiger partial charge in [-0.1, -0.05) is 18.9 Å². The zero-order valence-corrected chi connectivity index (χ0v) is 18.6. The molecule has 1 saturated carbocycles. The zero-order valence-electron chi connectivity index (χ0n) is 16.3. The highest BCUT2D eigenvalue weighted by Gasteiger charge is 2.19. The van der Waals surface area contributed by atoms with Gasteiger partial charge in [-0.3, -0.25) is 4.99 Å². The van der Waals surface area contributed by atoms with Crippen LogP contribution in [0.4, 0.5) is 4.39 Å². The minimum Gasteiger partial charge on any atom is -0.494 e. The van der Waals surface area contributed by atoms with E-state index in [4.69, 9.17) is 4.74 Å². The number of hydrogen-bond donors (Lipinski definition) is 1. The Balaban J connectivity index is 0.00000338. The molecule has 0 aliphatic heterocycles. The second-order valence-corrected chi connectivity index (χ2v) is 6.72. The fourth-order valence-corrected chi connectivity index (χ4v) is 3.41. The Morgan fingerprint density at radius 1 is 1.31 bits per heavy atom. The van der Waals surface area contributed by atoms with Gasteiger partial charge in [0.15, 0.2) is 17.5 Å². The number of benzene rings is 1. The van der Waals surface area contributed by atoms with E-state index in [0.29, 0.717) is 6.54 Å². The molecule has 1 aromatic carbocycles. The van der Waals surface area contributed by atoms with Crippen LogP contribution in [0.25, 0.3) is 0 Å². The molecule has 0 spiro atoms. The topological polar surface area (TPSA) is 40.1 Å². The standard InChI is InChI=1S/C19H31FN4O.HI/c1-21-19(22-11-12-23(2)16-7-5-6-8-16)24(3)14-15-9-10-18(25-4)17(20)13-15;/h9-10,13,16H,5-8,11-12,14H2,1-4H3,(H,21,22);1H. The van der Waals surface area contributed by atoms with E-state index in [1.165, 1.54) is 38.9 Å². The molecule has 1 aliphatic carbocycles. The molecule has 0 bridgehead atoms. The Bertz CT molecular complexity index is 579. The van der Waals surface area contributed by atoms with Crippen LogP contribution >= 0.6 is 24.0 Å². The summed E-state index contributed by atoms with van der Waals surface area (Å²) in [6.45, 7) is 2.43. The van der Waals surface area contributed by atoms with Crippen LogP contribution in [0, 0.1) is 5.82 Å². The average Bonchev–Trinajstić information content (AvgIpc) is 3.13. The predicted molar refractivity (Wildman–Crippen MR) is 116 cm³/mol. The molecule has 5 nitrogen and oxygen atoms in total. The lowest BCUT2D eigenvalue weighted by Crippen LogP contribution is -2.43. The predicted octanol–water partition coefficient (Wildman–Crippen LogP) is 3.33. The van der Waals surface area contributed by atoms with E-state index in [-0.39, 0.29) is 35.5 Å². The summed E-state index contributed by atoms with van der Waals surface area (Å²) in [5.41, 5.74) is 0.881. The van der Waals surface area contributed by atoms with Gasteiger partial charge in [0.25, 0.3) is 0 Å². The van der Waals surface area contributed by atoms with Gasteiger partial charge in [0, 0.05) is 39.8 Å². The number of nitrogens with one attached hydrogen (secondary N) is 1. The van der Waals surface area contributed by atoms with Gasteiger partial charge >= 0.3 is 0 Å². The van der Waals surface area contributed by atoms with E-state index in [9.17, 15) is 4.39 Å². The third-order valence-electron chi connectivity index (χ3n) is 4.90. The monoisotopic (exact) mass is 478 g/mol. The van der Waals surface area contributed by atoms with E-state index in [1.807, 2.05) is 18.0 Å². The molecule has 26 heavy (non-hydrogen) atoms. The van der Waals surface area contributed by atoms with Crippen LogP contribution in [0.3, 0.4) is 0 Å². The lowest BCUT2D eigenvalue weighted by atomic mass is 10.2. The highest BCUT2D eigenvalue weighted by atomic mass is 127. The molecular formula is C19H32FIN4O. The summed E-state index contributed by atoms with van der Waals surface area (Å²) >= 11 is 0. The molecule has 1 fully saturated rings. The lowest BCUT2D eigenvalue weighted by molar-refractivity contribution is 0.248. The van der Waals surface area contributed by atoms with E-state index in [1.54, 1.807) is 13.1 Å². The fraction of sp³-hybridized carbons (Fsp3) is 0.632. The van der Waals surface area contributed by atoms with Crippen molar-refractivity contribution in [1.29, 1.82) is 0 Å². The van der Waals surface area contributed by atoms with Gasteiger partial charge in [-0.15, -0.1) is 24.0 Å². The minimum atomic E-state index is -0.338. The van der Waals surface area contributed by atoms with Gasteiger partial charge in [-0.25, -0.2) is 4.39 Å². The molecule has 0 unspecified atom stereocenters. The van der Waals surface area contributed by atoms with Crippen LogP contribution in [0.15, 0.2) is 23.2 Å². The maximum absolute atomic E-state index is 13.8. The van der Waals surface area contributed by atoms with Crippen molar-refractivity contribution >= 4 is 29.9 Å². The van der Waals surface area contributed by atoms with Crippen LogP contribution in [-0.4, -0.2) is 63.1 Å². The quantitative estimate of drug-likeness (QED) is 0.371. The lowest BCUT2D eigenvalue weighted by Gasteiger charge is -2.26. The second-order valence-electron chi connectivity index (χ2n) is 6.72. The van der Waals surface area contributed by atoms with Gasteiger partial charge < -0.3 is 19.9 Å². The number of nitrogens with zero attached hydrogens (tertiary/aromatic N) is 3. The van der Waals surface area contributed by atoms with Crippen molar-refractivity contribution in [2.45, 2.75) is 38.3 Å². The summed E-state index contributed by atoms with van der Waals surface area (Å²) in [6.07, 6.45) is 5.33. The van der Waals surface area contributed by atoms with E-state index >= 15 is 0 Å². The van der Waals surface area contributed by atoms with E-state index < -0.39 is 0 Å². The summed E-state index contributed by atoms with van der Waals surface area (Å²) in [6, 6.07) is 5.77. The summed E-state index contributed by atoms with van der Waals surface area (Å²) in [5, 5.41) is 3.40. The fourth-order valence-electron chi connectivity index (χ4n) is 3.41. The number of hydrogen-bond acceptors (Lipinski definition) is 3. The van der Waals surface area contributed by atoms with Crippen LogP contribution in [0.5, 0.6) is 5.75 Å². The maximum atomic E-state index is 13.8. The molecule has 0 amide bonds. The number of methoxy groups -OCH3 is 1. The number of aliphatic imine (C=N–C) groups is 1. The third kappa shape index (κ3) is 6.57. The third-order valence-corrected chi connectivity index (χ3v) is 4.90. The van der Waals surface area contributed by atoms with Crippen molar-refractivity contribution in [3.05, 3.63) is 29.6 Å². The van der Waals surface area contributed by atoms with Crippen molar-refractivity contribution in [3.63, 3.8) is 0 Å². The number of ether oxygens (including phenoxy) is 1.